The van der Waals surface area contributed by atoms with Crippen LogP contribution in [0.4, 0.5) is 17.1 Å². The van der Waals surface area contributed by atoms with Crippen LogP contribution in [0.3, 0.4) is 0 Å². The van der Waals surface area contributed by atoms with Crippen molar-refractivity contribution in [3.63, 3.8) is 0 Å². The number of aromatic nitrogens is 1. The molecule has 0 unspecified atom stereocenters. The van der Waals surface area contributed by atoms with Crippen LogP contribution in [0.1, 0.15) is 128 Å². The molecule has 0 spiro atoms. The Labute approximate surface area is 389 Å². The van der Waals surface area contributed by atoms with Gasteiger partial charge in [-0.15, -0.1) is 11.3 Å². The first-order valence-electron chi connectivity index (χ1n) is 24.1. The Morgan fingerprint density at radius 1 is 0.492 bits per heavy atom. The minimum atomic E-state index is -0.238. The number of H-pyrrole nitrogens is 1. The maximum atomic E-state index is 4.00. The van der Waals surface area contributed by atoms with E-state index in [9.17, 15) is 0 Å². The summed E-state index contributed by atoms with van der Waals surface area (Å²) in [4.78, 5) is 6.77. The van der Waals surface area contributed by atoms with Gasteiger partial charge in [0, 0.05) is 48.7 Å². The van der Waals surface area contributed by atoms with Crippen LogP contribution in [0.15, 0.2) is 115 Å². The van der Waals surface area contributed by atoms with Crippen molar-refractivity contribution in [3.8, 4) is 22.3 Å². The first-order valence-corrected chi connectivity index (χ1v) is 24.9. The molecule has 3 heterocycles. The van der Waals surface area contributed by atoms with Crippen LogP contribution in [0.5, 0.6) is 0 Å². The van der Waals surface area contributed by atoms with Gasteiger partial charge in [-0.25, -0.2) is 0 Å². The van der Waals surface area contributed by atoms with Crippen molar-refractivity contribution < 1.29 is 0 Å². The van der Waals surface area contributed by atoms with Crippen molar-refractivity contribution in [2.75, 3.05) is 4.90 Å². The van der Waals surface area contributed by atoms with Crippen molar-refractivity contribution in [3.05, 3.63) is 149 Å². The fourth-order valence-electron chi connectivity index (χ4n) is 13.1. The van der Waals surface area contributed by atoms with Gasteiger partial charge >= 0.3 is 0 Å². The molecule has 0 fully saturated rings. The molecule has 2 nitrogen and oxygen atoms in total. The highest BCUT2D eigenvalue weighted by molar-refractivity contribution is 7.29. The zero-order valence-electron chi connectivity index (χ0n) is 39.7. The molecule has 0 bridgehead atoms. The first-order chi connectivity index (χ1) is 30.9. The van der Waals surface area contributed by atoms with Gasteiger partial charge in [0.1, 0.15) is 0 Å². The molecule has 0 atom stereocenters. The lowest BCUT2D eigenvalue weighted by molar-refractivity contribution is 0.332. The summed E-state index contributed by atoms with van der Waals surface area (Å²) < 4.78 is 2.73. The Bertz CT molecular complexity index is 3570. The number of fused-ring (bicyclic) bond motifs is 14. The van der Waals surface area contributed by atoms with Gasteiger partial charge in [0.05, 0.1) is 11.2 Å². The smallest absolute Gasteiger partial charge is 0.211 e. The second-order valence-corrected chi connectivity index (χ2v) is 24.4. The van der Waals surface area contributed by atoms with E-state index in [1.807, 2.05) is 11.3 Å². The maximum Gasteiger partial charge on any atom is 0.211 e. The van der Waals surface area contributed by atoms with E-state index in [1.54, 1.807) is 0 Å². The van der Waals surface area contributed by atoms with E-state index in [4.69, 9.17) is 0 Å². The lowest BCUT2D eigenvalue weighted by atomic mass is 9.59. The largest absolute Gasteiger partial charge is 0.354 e. The molecule has 321 valence electrons. The second kappa shape index (κ2) is 12.9. The molecular formula is C61H58BN2S. The number of nitrogens with zero attached hydrogens (tertiary/aromatic N) is 1. The van der Waals surface area contributed by atoms with Crippen LogP contribution in [-0.2, 0) is 27.1 Å². The Morgan fingerprint density at radius 2 is 1.12 bits per heavy atom. The minimum absolute atomic E-state index is 0.0647. The first kappa shape index (κ1) is 39.8. The number of benzene rings is 7. The van der Waals surface area contributed by atoms with E-state index in [0.717, 1.165) is 0 Å². The summed E-state index contributed by atoms with van der Waals surface area (Å²) in [6, 6.07) is 45.1. The normalized spacial score (nSPS) is 19.1. The molecule has 1 aliphatic heterocycles. The third-order valence-corrected chi connectivity index (χ3v) is 18.2. The summed E-state index contributed by atoms with van der Waals surface area (Å²) in [6.45, 7) is 24.7. The van der Waals surface area contributed by atoms with Gasteiger partial charge in [0.25, 0.3) is 0 Å². The molecule has 65 heavy (non-hydrogen) atoms. The van der Waals surface area contributed by atoms with Crippen molar-refractivity contribution >= 4 is 88.6 Å². The molecule has 9 aromatic rings. The van der Waals surface area contributed by atoms with E-state index in [2.05, 4.69) is 202 Å². The van der Waals surface area contributed by atoms with Crippen molar-refractivity contribution in [2.45, 2.75) is 122 Å². The fourth-order valence-corrected chi connectivity index (χ4v) is 14.2. The third-order valence-electron chi connectivity index (χ3n) is 17.1. The number of para-hydroxylation sites is 1. The predicted molar refractivity (Wildman–Crippen MR) is 282 cm³/mol. The number of thiophene rings is 1. The highest BCUT2D eigenvalue weighted by Crippen LogP contribution is 2.58. The van der Waals surface area contributed by atoms with Crippen molar-refractivity contribution in [1.29, 1.82) is 0 Å². The lowest BCUT2D eigenvalue weighted by Crippen LogP contribution is -2.41. The molecule has 4 heteroatoms. The van der Waals surface area contributed by atoms with Crippen LogP contribution in [0.2, 0.25) is 0 Å². The molecular weight excluding hydrogens is 804 g/mol. The zero-order valence-corrected chi connectivity index (χ0v) is 40.5. The average molecular weight is 862 g/mol. The van der Waals surface area contributed by atoms with Gasteiger partial charge < -0.3 is 9.88 Å². The standard InChI is InChI=1S/C61H58BN2S/c1-57(2)24-25-58(3,4)46-30-36(22-23-45(46)57)64-54-43-32-47-48(60(7,8)27-26-59(47,5)6)33-50(43)65-56(54)62-52-42(31-41-37-18-13-14-21-44(37)61(9,10)51(41)55(52)64)39-20-15-19-38-40-28-34-16-11-12-17-35(34)29-49(40)63-53(38)39/h11-23,28-33,63H,24-27H2,1-10H3. The second-order valence-electron chi connectivity index (χ2n) is 23.3. The Balaban J connectivity index is 1.17. The van der Waals surface area contributed by atoms with E-state index in [-0.39, 0.29) is 27.1 Å². The average Bonchev–Trinajstić information content (AvgIpc) is 3.91. The van der Waals surface area contributed by atoms with Gasteiger partial charge in [0.2, 0.25) is 7.28 Å². The topological polar surface area (TPSA) is 19.0 Å². The van der Waals surface area contributed by atoms with E-state index in [0.29, 0.717) is 0 Å². The molecule has 3 aliphatic carbocycles. The Hall–Kier alpha value is -5.58. The number of aromatic amines is 1. The molecule has 13 rings (SSSR count). The summed E-state index contributed by atoms with van der Waals surface area (Å²) in [6.07, 6.45) is 4.77. The molecule has 1 radical (unpaired) electrons. The molecule has 1 N–H and O–H groups in total. The van der Waals surface area contributed by atoms with Crippen LogP contribution in [0.25, 0.3) is 64.9 Å². The van der Waals surface area contributed by atoms with Gasteiger partial charge in [-0.05, 0) is 161 Å². The highest BCUT2D eigenvalue weighted by atomic mass is 32.1. The van der Waals surface area contributed by atoms with Crippen LogP contribution in [0, 0.1) is 0 Å². The summed E-state index contributed by atoms with van der Waals surface area (Å²) in [7, 11) is 2.59. The van der Waals surface area contributed by atoms with Crippen molar-refractivity contribution in [2.24, 2.45) is 0 Å². The van der Waals surface area contributed by atoms with Gasteiger partial charge in [-0.2, -0.15) is 0 Å². The molecule has 0 saturated heterocycles. The van der Waals surface area contributed by atoms with E-state index < -0.39 is 0 Å². The predicted octanol–water partition coefficient (Wildman–Crippen LogP) is 15.8. The molecule has 2 aromatic heterocycles. The Morgan fingerprint density at radius 3 is 1.86 bits per heavy atom. The number of hydrogen-bond donors (Lipinski definition) is 1. The van der Waals surface area contributed by atoms with E-state index >= 15 is 0 Å². The highest BCUT2D eigenvalue weighted by Gasteiger charge is 2.46. The van der Waals surface area contributed by atoms with Gasteiger partial charge in [-0.3, -0.25) is 0 Å². The minimum Gasteiger partial charge on any atom is -0.354 e. The molecule has 4 aliphatic rings. The number of rotatable bonds is 2. The summed E-state index contributed by atoms with van der Waals surface area (Å²) in [5.74, 6) is 0. The number of anilines is 3. The Kier molecular flexibility index (Phi) is 7.86. The summed E-state index contributed by atoms with van der Waals surface area (Å²) >= 11 is 1.99. The van der Waals surface area contributed by atoms with Crippen LogP contribution in [-0.4, -0.2) is 12.3 Å². The summed E-state index contributed by atoms with van der Waals surface area (Å²) in [5.41, 5.74) is 21.9. The van der Waals surface area contributed by atoms with Crippen LogP contribution < -0.4 is 15.1 Å². The molecule has 0 amide bonds. The lowest BCUT2D eigenvalue weighted by Gasteiger charge is -2.44. The van der Waals surface area contributed by atoms with Gasteiger partial charge in [-0.1, -0.05) is 142 Å². The summed E-state index contributed by atoms with van der Waals surface area (Å²) in [5, 5.41) is 6.45. The van der Waals surface area contributed by atoms with Crippen molar-refractivity contribution in [1.82, 2.24) is 4.98 Å². The zero-order chi connectivity index (χ0) is 44.7. The SMILES string of the molecule is CC1(C)CCC(C)(C)c2cc(N3c4c(c(-c5cccc6c5[nH]c5cc7ccccc7cc56)cc5c4C(C)(C)c4ccccc4-5)[B]c4sc5cc6c(cc5c43)C(C)(C)CCC6(C)C)ccc21. The third kappa shape index (κ3) is 5.41. The maximum absolute atomic E-state index is 4.00. The molecule has 7 aromatic carbocycles. The monoisotopic (exact) mass is 861 g/mol. The van der Waals surface area contributed by atoms with Gasteiger partial charge in [0.15, 0.2) is 0 Å². The fraction of sp³-hybridized carbons (Fsp3) is 0.311. The van der Waals surface area contributed by atoms with E-state index in [1.165, 1.54) is 151 Å². The number of nitrogens with one attached hydrogen (secondary N) is 1. The molecule has 0 saturated carbocycles. The quantitative estimate of drug-likeness (QED) is 0.172. The number of hydrogen-bond acceptors (Lipinski definition) is 2. The van der Waals surface area contributed by atoms with Crippen LogP contribution >= 0.6 is 11.3 Å².